The Morgan fingerprint density at radius 2 is 0.884 bits per heavy atom. The summed E-state index contributed by atoms with van der Waals surface area (Å²) in [6.45, 7) is -2.37. The van der Waals surface area contributed by atoms with E-state index in [1.165, 1.54) is 0 Å². The fraction of sp³-hybridized carbons (Fsp3) is 0.923. The topological polar surface area (TPSA) is 474 Å². The Balaban J connectivity index is 1.30. The molecule has 25 atom stereocenters. The first-order chi connectivity index (χ1) is 32.7. The van der Waals surface area contributed by atoms with E-state index in [0.717, 1.165) is 13.3 Å². The standard InChI is InChI=1S/C39H67N3O27/c1-3-4-5-18(49)40-6-19(50)42-35-27(57)26(56)32(16(10-46)61-35)67-39-29(59)33(22(52)14(8-44)64-39)68-36-20(41-12(2)48)24(54)31(17(11-47)65-36)66-38-30(60)34(23(53)15(9-45)63-38)69-37-28(58)25(55)21(51)13(7-43)62-37/h13-17,20-39,43-47,51-60H,3-11H2,1-2H3,(H,40,49)(H,41,48)(H,42,50). The molecule has 0 aromatic heterocycles. The number of rotatable bonds is 20. The summed E-state index contributed by atoms with van der Waals surface area (Å²) in [4.78, 5) is 37.0. The van der Waals surface area contributed by atoms with Gasteiger partial charge in [0.1, 0.15) is 122 Å². The molecule has 5 saturated heterocycles. The van der Waals surface area contributed by atoms with Crippen molar-refractivity contribution in [1.82, 2.24) is 16.0 Å². The van der Waals surface area contributed by atoms with Gasteiger partial charge in [0, 0.05) is 13.3 Å². The minimum atomic E-state index is -2.14. The first kappa shape index (κ1) is 57.4. The molecule has 18 N–H and O–H groups in total. The molecule has 0 spiro atoms. The molecule has 5 heterocycles. The summed E-state index contributed by atoms with van der Waals surface area (Å²) in [5.74, 6) is -2.07. The summed E-state index contributed by atoms with van der Waals surface area (Å²) in [6.07, 6.45) is -43.3. The molecule has 0 aromatic rings. The van der Waals surface area contributed by atoms with E-state index in [0.29, 0.717) is 6.42 Å². The number of hydrogen-bond donors (Lipinski definition) is 18. The molecule has 5 aliphatic heterocycles. The van der Waals surface area contributed by atoms with Crippen molar-refractivity contribution in [2.45, 2.75) is 187 Å². The normalized spacial score (nSPS) is 45.1. The highest BCUT2D eigenvalue weighted by atomic mass is 16.8. The zero-order chi connectivity index (χ0) is 51.0. The van der Waals surface area contributed by atoms with Gasteiger partial charge in [-0.25, -0.2) is 0 Å². The second-order valence-electron chi connectivity index (χ2n) is 17.2. The molecule has 5 rings (SSSR count). The fourth-order valence-corrected chi connectivity index (χ4v) is 8.38. The van der Waals surface area contributed by atoms with Gasteiger partial charge >= 0.3 is 0 Å². The number of aliphatic hydroxyl groups excluding tert-OH is 15. The molecule has 5 fully saturated rings. The van der Waals surface area contributed by atoms with Gasteiger partial charge in [-0.2, -0.15) is 0 Å². The third kappa shape index (κ3) is 13.4. The Hall–Kier alpha value is -2.55. The molecular formula is C39H67N3O27. The smallest absolute Gasteiger partial charge is 0.241 e. The Kier molecular flexibility index (Phi) is 21.5. The van der Waals surface area contributed by atoms with Crippen LogP contribution in [0.25, 0.3) is 0 Å². The molecule has 3 amide bonds. The Morgan fingerprint density at radius 3 is 1.38 bits per heavy atom. The first-order valence-corrected chi connectivity index (χ1v) is 22.3. The lowest BCUT2D eigenvalue weighted by Gasteiger charge is -2.50. The number of amides is 3. The largest absolute Gasteiger partial charge is 0.394 e. The number of nitrogens with one attached hydrogen (secondary N) is 3. The van der Waals surface area contributed by atoms with Crippen LogP contribution in [0, 0.1) is 0 Å². The van der Waals surface area contributed by atoms with E-state index in [-0.39, 0.29) is 6.42 Å². The van der Waals surface area contributed by atoms with Crippen molar-refractivity contribution in [3.63, 3.8) is 0 Å². The van der Waals surface area contributed by atoms with E-state index < -0.39 is 211 Å². The van der Waals surface area contributed by atoms with Crippen LogP contribution in [0.3, 0.4) is 0 Å². The van der Waals surface area contributed by atoms with Crippen LogP contribution in [-0.4, -0.2) is 287 Å². The van der Waals surface area contributed by atoms with E-state index >= 15 is 0 Å². The van der Waals surface area contributed by atoms with Gasteiger partial charge in [-0.1, -0.05) is 13.3 Å². The van der Waals surface area contributed by atoms with Gasteiger partial charge in [0.2, 0.25) is 17.7 Å². The van der Waals surface area contributed by atoms with Crippen molar-refractivity contribution in [2.75, 3.05) is 39.6 Å². The Bertz CT molecular complexity index is 1620. The molecule has 0 bridgehead atoms. The van der Waals surface area contributed by atoms with Gasteiger partial charge in [-0.05, 0) is 6.42 Å². The number of aliphatic hydroxyl groups is 15. The highest BCUT2D eigenvalue weighted by molar-refractivity contribution is 5.84. The molecule has 0 radical (unpaired) electrons. The van der Waals surface area contributed by atoms with Gasteiger partial charge in [0.05, 0.1) is 39.6 Å². The maximum Gasteiger partial charge on any atom is 0.241 e. The molecule has 30 heteroatoms. The first-order valence-electron chi connectivity index (χ1n) is 22.3. The van der Waals surface area contributed by atoms with E-state index in [4.69, 9.17) is 42.6 Å². The van der Waals surface area contributed by atoms with Crippen LogP contribution < -0.4 is 16.0 Å². The minimum Gasteiger partial charge on any atom is -0.394 e. The van der Waals surface area contributed by atoms with E-state index in [2.05, 4.69) is 16.0 Å². The Labute approximate surface area is 393 Å². The average Bonchev–Trinajstić information content (AvgIpc) is 3.32. The quantitative estimate of drug-likeness (QED) is 0.0538. The molecule has 30 nitrogen and oxygen atoms in total. The molecule has 400 valence electrons. The van der Waals surface area contributed by atoms with Crippen LogP contribution in [-0.2, 0) is 57.0 Å². The average molecular weight is 1010 g/mol. The zero-order valence-corrected chi connectivity index (χ0v) is 37.4. The third-order valence-electron chi connectivity index (χ3n) is 12.3. The number of unbranched alkanes of at least 4 members (excludes halogenated alkanes) is 1. The third-order valence-corrected chi connectivity index (χ3v) is 12.3. The SMILES string of the molecule is CCCCC(=O)NCC(=O)NC1OC(CO)C(OC2OC(CO)C(O)C(OC3OC(CO)C(OC4OC(CO)C(O)C(OC5OC(CO)C(O)C(O)C5O)C4O)C(O)C3NC(C)=O)C2O)C(O)C1O. The summed E-state index contributed by atoms with van der Waals surface area (Å²) in [5, 5.41) is 167. The lowest BCUT2D eigenvalue weighted by molar-refractivity contribution is -0.385. The second kappa shape index (κ2) is 25.9. The van der Waals surface area contributed by atoms with Crippen molar-refractivity contribution < 1.29 is 134 Å². The summed E-state index contributed by atoms with van der Waals surface area (Å²) >= 11 is 0. The van der Waals surface area contributed by atoms with Crippen LogP contribution in [0.4, 0.5) is 0 Å². The second-order valence-corrected chi connectivity index (χ2v) is 17.2. The maximum atomic E-state index is 12.5. The van der Waals surface area contributed by atoms with Crippen LogP contribution in [0.1, 0.15) is 33.1 Å². The van der Waals surface area contributed by atoms with Crippen molar-refractivity contribution >= 4 is 17.7 Å². The van der Waals surface area contributed by atoms with Crippen molar-refractivity contribution in [3.8, 4) is 0 Å². The molecular weight excluding hydrogens is 942 g/mol. The monoisotopic (exact) mass is 1010 g/mol. The number of hydrogen-bond acceptors (Lipinski definition) is 27. The number of carbonyl (C=O) groups excluding carboxylic acids is 3. The van der Waals surface area contributed by atoms with Gasteiger partial charge in [-0.3, -0.25) is 14.4 Å². The number of ether oxygens (including phenoxy) is 9. The molecule has 0 aromatic carbocycles. The van der Waals surface area contributed by atoms with Crippen molar-refractivity contribution in [3.05, 3.63) is 0 Å². The summed E-state index contributed by atoms with van der Waals surface area (Å²) in [7, 11) is 0. The fourth-order valence-electron chi connectivity index (χ4n) is 8.38. The molecule has 69 heavy (non-hydrogen) atoms. The molecule has 5 aliphatic rings. The zero-order valence-electron chi connectivity index (χ0n) is 37.4. The van der Waals surface area contributed by atoms with Crippen molar-refractivity contribution in [1.29, 1.82) is 0 Å². The van der Waals surface area contributed by atoms with E-state index in [1.54, 1.807) is 0 Å². The number of carbonyl (C=O) groups is 3. The van der Waals surface area contributed by atoms with Crippen molar-refractivity contribution in [2.24, 2.45) is 0 Å². The van der Waals surface area contributed by atoms with Crippen LogP contribution in [0.2, 0.25) is 0 Å². The summed E-state index contributed by atoms with van der Waals surface area (Å²) in [6, 6.07) is -1.76. The van der Waals surface area contributed by atoms with Crippen LogP contribution in [0.5, 0.6) is 0 Å². The minimum absolute atomic E-state index is 0.165. The predicted octanol–water partition coefficient (Wildman–Crippen LogP) is -11.4. The lowest BCUT2D eigenvalue weighted by Crippen LogP contribution is -2.70. The van der Waals surface area contributed by atoms with Gasteiger partial charge in [0.15, 0.2) is 31.4 Å². The van der Waals surface area contributed by atoms with Gasteiger partial charge in [-0.15, -0.1) is 0 Å². The molecule has 0 saturated carbocycles. The molecule has 0 aliphatic carbocycles. The van der Waals surface area contributed by atoms with E-state index in [1.807, 2.05) is 6.92 Å². The van der Waals surface area contributed by atoms with Gasteiger partial charge < -0.3 is 135 Å². The summed E-state index contributed by atoms with van der Waals surface area (Å²) in [5.41, 5.74) is 0. The van der Waals surface area contributed by atoms with Gasteiger partial charge in [0.25, 0.3) is 0 Å². The van der Waals surface area contributed by atoms with E-state index in [9.17, 15) is 91.0 Å². The lowest BCUT2D eigenvalue weighted by atomic mass is 9.94. The molecule has 25 unspecified atom stereocenters. The highest BCUT2D eigenvalue weighted by Crippen LogP contribution is 2.36. The Morgan fingerprint density at radius 1 is 0.449 bits per heavy atom. The van der Waals surface area contributed by atoms with Crippen LogP contribution >= 0.6 is 0 Å². The summed E-state index contributed by atoms with van der Waals surface area (Å²) < 4.78 is 51.0. The van der Waals surface area contributed by atoms with Crippen LogP contribution in [0.15, 0.2) is 0 Å². The highest BCUT2D eigenvalue weighted by Gasteiger charge is 2.57. The predicted molar refractivity (Wildman–Crippen MR) is 217 cm³/mol. The maximum absolute atomic E-state index is 12.5.